The highest BCUT2D eigenvalue weighted by Gasteiger charge is 2.29. The van der Waals surface area contributed by atoms with E-state index in [1.54, 1.807) is 6.07 Å². The Kier molecular flexibility index (Phi) is 3.69. The van der Waals surface area contributed by atoms with Gasteiger partial charge in [0, 0.05) is 6.07 Å². The predicted octanol–water partition coefficient (Wildman–Crippen LogP) is 2.98. The van der Waals surface area contributed by atoms with Crippen molar-refractivity contribution in [3.05, 3.63) is 30.4 Å². The Labute approximate surface area is 126 Å². The van der Waals surface area contributed by atoms with Crippen molar-refractivity contribution in [2.24, 2.45) is 0 Å². The molecule has 0 fully saturated rings. The smallest absolute Gasteiger partial charge is 0.406 e. The third-order valence-corrected chi connectivity index (χ3v) is 3.64. The first-order valence-electron chi connectivity index (χ1n) is 6.06. The molecule has 0 bridgehead atoms. The van der Waals surface area contributed by atoms with E-state index in [2.05, 4.69) is 15.2 Å². The Balaban J connectivity index is 1.73. The maximum Gasteiger partial charge on any atom is 0.406 e. The Bertz CT molecular complexity index is 799. The van der Waals surface area contributed by atoms with E-state index < -0.39 is 12.7 Å². The van der Waals surface area contributed by atoms with Crippen molar-refractivity contribution in [3.63, 3.8) is 0 Å². The highest BCUT2D eigenvalue weighted by atomic mass is 32.2. The molecule has 0 saturated heterocycles. The molecule has 6 nitrogen and oxygen atoms in total. The van der Waals surface area contributed by atoms with Gasteiger partial charge in [0.2, 0.25) is 5.89 Å². The lowest BCUT2D eigenvalue weighted by Crippen LogP contribution is -2.17. The first kappa shape index (κ1) is 14.7. The molecule has 2 heterocycles. The molecule has 0 amide bonds. The third-order valence-electron chi connectivity index (χ3n) is 2.67. The zero-order chi connectivity index (χ0) is 15.7. The number of thioether (sulfide) groups is 1. The third kappa shape index (κ3) is 3.32. The SMILES string of the molecule is Oc1ccc2nc(CSc3nncn3CC(F)(F)F)oc2c1. The van der Waals surface area contributed by atoms with Gasteiger partial charge in [0.05, 0.1) is 5.75 Å². The van der Waals surface area contributed by atoms with Gasteiger partial charge >= 0.3 is 6.18 Å². The molecule has 0 aliphatic carbocycles. The lowest BCUT2D eigenvalue weighted by atomic mass is 10.3. The van der Waals surface area contributed by atoms with Gasteiger partial charge in [0.1, 0.15) is 24.1 Å². The fraction of sp³-hybridized carbons (Fsp3) is 0.250. The summed E-state index contributed by atoms with van der Waals surface area (Å²) < 4.78 is 43.5. The number of halogens is 3. The van der Waals surface area contributed by atoms with Gasteiger partial charge in [-0.3, -0.25) is 4.57 Å². The average molecular weight is 330 g/mol. The van der Waals surface area contributed by atoms with Gasteiger partial charge in [-0.2, -0.15) is 13.2 Å². The van der Waals surface area contributed by atoms with Crippen LogP contribution < -0.4 is 0 Å². The van der Waals surface area contributed by atoms with Crippen LogP contribution in [0.4, 0.5) is 13.2 Å². The van der Waals surface area contributed by atoms with Crippen LogP contribution in [0.2, 0.25) is 0 Å². The van der Waals surface area contributed by atoms with Crippen LogP contribution in [-0.4, -0.2) is 31.0 Å². The number of oxazole rings is 1. The van der Waals surface area contributed by atoms with Crippen molar-refractivity contribution >= 4 is 22.9 Å². The van der Waals surface area contributed by atoms with E-state index in [4.69, 9.17) is 4.42 Å². The maximum absolute atomic E-state index is 12.4. The number of phenolic OH excluding ortho intramolecular Hbond substituents is 1. The normalized spacial score (nSPS) is 12.1. The van der Waals surface area contributed by atoms with Crippen molar-refractivity contribution in [2.75, 3.05) is 0 Å². The molecule has 116 valence electrons. The summed E-state index contributed by atoms with van der Waals surface area (Å²) in [5.41, 5.74) is 0.970. The number of aromatic nitrogens is 4. The van der Waals surface area contributed by atoms with Gasteiger partial charge in [0.15, 0.2) is 10.7 Å². The van der Waals surface area contributed by atoms with Crippen molar-refractivity contribution in [1.82, 2.24) is 19.7 Å². The second kappa shape index (κ2) is 5.52. The van der Waals surface area contributed by atoms with Crippen molar-refractivity contribution < 1.29 is 22.7 Å². The summed E-state index contributed by atoms with van der Waals surface area (Å²) >= 11 is 1.04. The van der Waals surface area contributed by atoms with E-state index in [1.165, 1.54) is 12.1 Å². The molecule has 3 rings (SSSR count). The fourth-order valence-electron chi connectivity index (χ4n) is 1.81. The zero-order valence-corrected chi connectivity index (χ0v) is 11.7. The molecule has 0 atom stereocenters. The molecule has 10 heteroatoms. The Morgan fingerprint density at radius 1 is 1.32 bits per heavy atom. The van der Waals surface area contributed by atoms with Crippen LogP contribution in [0.5, 0.6) is 5.75 Å². The summed E-state index contributed by atoms with van der Waals surface area (Å²) in [6.45, 7) is -1.15. The summed E-state index contributed by atoms with van der Waals surface area (Å²) in [5.74, 6) is 0.575. The highest BCUT2D eigenvalue weighted by Crippen LogP contribution is 2.27. The molecule has 0 aliphatic rings. The van der Waals surface area contributed by atoms with Crippen LogP contribution in [0.1, 0.15) is 5.89 Å². The lowest BCUT2D eigenvalue weighted by molar-refractivity contribution is -0.142. The molecule has 0 aliphatic heterocycles. The first-order valence-corrected chi connectivity index (χ1v) is 7.05. The van der Waals surface area contributed by atoms with Crippen molar-refractivity contribution in [2.45, 2.75) is 23.6 Å². The van der Waals surface area contributed by atoms with E-state index in [1.807, 2.05) is 0 Å². The molecular formula is C12H9F3N4O2S. The van der Waals surface area contributed by atoms with Crippen molar-refractivity contribution in [3.8, 4) is 5.75 Å². The quantitative estimate of drug-likeness (QED) is 0.741. The standard InChI is InChI=1S/C12H9F3N4O2S/c13-12(14,15)5-19-6-16-18-11(19)22-4-10-17-8-2-1-7(20)3-9(8)21-10/h1-3,6,20H,4-5H2. The largest absolute Gasteiger partial charge is 0.508 e. The maximum atomic E-state index is 12.4. The van der Waals surface area contributed by atoms with E-state index in [9.17, 15) is 18.3 Å². The number of phenols is 1. The highest BCUT2D eigenvalue weighted by molar-refractivity contribution is 7.98. The van der Waals surface area contributed by atoms with Gasteiger partial charge in [-0.25, -0.2) is 4.98 Å². The van der Waals surface area contributed by atoms with Gasteiger partial charge in [0.25, 0.3) is 0 Å². The van der Waals surface area contributed by atoms with E-state index in [0.717, 1.165) is 22.7 Å². The predicted molar refractivity (Wildman–Crippen MR) is 71.3 cm³/mol. The van der Waals surface area contributed by atoms with E-state index in [-0.39, 0.29) is 16.7 Å². The Hall–Kier alpha value is -2.23. The molecule has 0 spiro atoms. The average Bonchev–Trinajstić information content (AvgIpc) is 3.00. The minimum absolute atomic E-state index is 0.0489. The molecule has 22 heavy (non-hydrogen) atoms. The number of hydrogen-bond donors (Lipinski definition) is 1. The molecule has 0 radical (unpaired) electrons. The zero-order valence-electron chi connectivity index (χ0n) is 10.9. The summed E-state index contributed by atoms with van der Waals surface area (Å²) in [4.78, 5) is 4.18. The summed E-state index contributed by atoms with van der Waals surface area (Å²) in [6, 6.07) is 4.48. The molecular weight excluding hydrogens is 321 g/mol. The van der Waals surface area contributed by atoms with Crippen LogP contribution in [0.25, 0.3) is 11.1 Å². The number of aromatic hydroxyl groups is 1. The molecule has 0 saturated carbocycles. The van der Waals surface area contributed by atoms with Crippen LogP contribution in [0.15, 0.2) is 34.1 Å². The summed E-state index contributed by atoms with van der Waals surface area (Å²) in [6.07, 6.45) is -3.31. The van der Waals surface area contributed by atoms with Gasteiger partial charge in [-0.15, -0.1) is 10.2 Å². The second-order valence-electron chi connectivity index (χ2n) is 4.40. The Morgan fingerprint density at radius 3 is 2.91 bits per heavy atom. The van der Waals surface area contributed by atoms with Crippen LogP contribution >= 0.6 is 11.8 Å². The van der Waals surface area contributed by atoms with Crippen LogP contribution in [-0.2, 0) is 12.3 Å². The molecule has 1 aromatic carbocycles. The number of benzene rings is 1. The van der Waals surface area contributed by atoms with Gasteiger partial charge in [-0.1, -0.05) is 11.8 Å². The number of hydrogen-bond acceptors (Lipinski definition) is 6. The topological polar surface area (TPSA) is 77.0 Å². The van der Waals surface area contributed by atoms with Crippen molar-refractivity contribution in [1.29, 1.82) is 0 Å². The molecule has 0 unspecified atom stereocenters. The molecule has 3 aromatic rings. The van der Waals surface area contributed by atoms with Gasteiger partial charge < -0.3 is 9.52 Å². The van der Waals surface area contributed by atoms with Crippen LogP contribution in [0.3, 0.4) is 0 Å². The van der Waals surface area contributed by atoms with Crippen LogP contribution in [0, 0.1) is 0 Å². The first-order chi connectivity index (χ1) is 10.4. The minimum Gasteiger partial charge on any atom is -0.508 e. The number of nitrogens with zero attached hydrogens (tertiary/aromatic N) is 4. The van der Waals surface area contributed by atoms with Gasteiger partial charge in [-0.05, 0) is 12.1 Å². The minimum atomic E-state index is -4.34. The Morgan fingerprint density at radius 2 is 2.14 bits per heavy atom. The second-order valence-corrected chi connectivity index (χ2v) is 5.35. The molecule has 2 aromatic heterocycles. The number of alkyl halides is 3. The van der Waals surface area contributed by atoms with E-state index in [0.29, 0.717) is 17.0 Å². The summed E-state index contributed by atoms with van der Waals surface area (Å²) in [7, 11) is 0. The van der Waals surface area contributed by atoms with E-state index >= 15 is 0 Å². The lowest BCUT2D eigenvalue weighted by Gasteiger charge is -2.08. The number of fused-ring (bicyclic) bond motifs is 1. The number of rotatable bonds is 4. The molecule has 1 N–H and O–H groups in total. The fourth-order valence-corrected chi connectivity index (χ4v) is 2.57. The summed E-state index contributed by atoms with van der Waals surface area (Å²) in [5, 5.41) is 16.6. The monoisotopic (exact) mass is 330 g/mol.